The van der Waals surface area contributed by atoms with Crippen molar-refractivity contribution in [2.24, 2.45) is 0 Å². The first-order valence-electron chi connectivity index (χ1n) is 5.81. The van der Waals surface area contributed by atoms with E-state index in [9.17, 15) is 0 Å². The van der Waals surface area contributed by atoms with E-state index in [2.05, 4.69) is 11.4 Å². The fourth-order valence-corrected chi connectivity index (χ4v) is 2.43. The van der Waals surface area contributed by atoms with Crippen molar-refractivity contribution >= 4 is 23.2 Å². The molecule has 0 aliphatic rings. The van der Waals surface area contributed by atoms with Crippen molar-refractivity contribution in [3.8, 4) is 0 Å². The van der Waals surface area contributed by atoms with Gasteiger partial charge in [0.1, 0.15) is 0 Å². The van der Waals surface area contributed by atoms with Crippen LogP contribution in [0.4, 0.5) is 0 Å². The summed E-state index contributed by atoms with van der Waals surface area (Å²) in [5.41, 5.74) is 3.25. The molecule has 0 bridgehead atoms. The Bertz CT molecular complexity index is 552. The van der Waals surface area contributed by atoms with E-state index in [1.165, 1.54) is 0 Å². The van der Waals surface area contributed by atoms with Gasteiger partial charge in [-0.25, -0.2) is 0 Å². The maximum Gasteiger partial charge on any atom is 0.0589 e. The molecule has 0 aromatic heterocycles. The highest BCUT2D eigenvalue weighted by Crippen LogP contribution is 2.30. The molecule has 1 N–H and O–H groups in total. The lowest BCUT2D eigenvalue weighted by molar-refractivity contribution is 0.692. The van der Waals surface area contributed by atoms with E-state index < -0.39 is 0 Å². The summed E-state index contributed by atoms with van der Waals surface area (Å²) in [5, 5.41) is 4.81. The zero-order chi connectivity index (χ0) is 13.1. The Kier molecular flexibility index (Phi) is 4.28. The van der Waals surface area contributed by atoms with Crippen LogP contribution >= 0.6 is 23.2 Å². The first-order chi connectivity index (χ1) is 8.63. The fourth-order valence-electron chi connectivity index (χ4n) is 2.00. The van der Waals surface area contributed by atoms with Crippen LogP contribution in [0.1, 0.15) is 22.7 Å². The summed E-state index contributed by atoms with van der Waals surface area (Å²) in [4.78, 5) is 0. The lowest BCUT2D eigenvalue weighted by atomic mass is 9.98. The molecule has 2 aromatic carbocycles. The van der Waals surface area contributed by atoms with Crippen molar-refractivity contribution in [3.63, 3.8) is 0 Å². The van der Waals surface area contributed by atoms with Crippen LogP contribution in [0.15, 0.2) is 42.5 Å². The molecule has 1 nitrogen and oxygen atoms in total. The number of hydrogen-bond donors (Lipinski definition) is 1. The summed E-state index contributed by atoms with van der Waals surface area (Å²) in [5.74, 6) is 0. The number of aryl methyl sites for hydroxylation is 1. The first-order valence-corrected chi connectivity index (χ1v) is 6.57. The van der Waals surface area contributed by atoms with Gasteiger partial charge in [-0.05, 0) is 42.8 Å². The van der Waals surface area contributed by atoms with Crippen molar-refractivity contribution in [2.45, 2.75) is 13.0 Å². The Balaban J connectivity index is 2.45. The van der Waals surface area contributed by atoms with Crippen LogP contribution in [0.5, 0.6) is 0 Å². The second-order valence-electron chi connectivity index (χ2n) is 4.25. The smallest absolute Gasteiger partial charge is 0.0589 e. The third kappa shape index (κ3) is 2.69. The SMILES string of the molecule is CNC(c1ccc(C)c(Cl)c1)c1ccccc1Cl. The highest BCUT2D eigenvalue weighted by molar-refractivity contribution is 6.31. The number of nitrogens with one attached hydrogen (secondary N) is 1. The van der Waals surface area contributed by atoms with Crippen LogP contribution in [-0.4, -0.2) is 7.05 Å². The molecule has 3 heteroatoms. The highest BCUT2D eigenvalue weighted by Gasteiger charge is 2.15. The molecule has 0 radical (unpaired) electrons. The molecule has 0 aliphatic heterocycles. The van der Waals surface area contributed by atoms with Gasteiger partial charge in [0.05, 0.1) is 6.04 Å². The molecule has 94 valence electrons. The van der Waals surface area contributed by atoms with Crippen LogP contribution < -0.4 is 5.32 Å². The largest absolute Gasteiger partial charge is 0.309 e. The van der Waals surface area contributed by atoms with Gasteiger partial charge in [0.2, 0.25) is 0 Å². The molecule has 18 heavy (non-hydrogen) atoms. The van der Waals surface area contributed by atoms with Crippen molar-refractivity contribution < 1.29 is 0 Å². The van der Waals surface area contributed by atoms with E-state index >= 15 is 0 Å². The van der Waals surface area contributed by atoms with Crippen LogP contribution in [0.25, 0.3) is 0 Å². The van der Waals surface area contributed by atoms with Gasteiger partial charge < -0.3 is 5.32 Å². The summed E-state index contributed by atoms with van der Waals surface area (Å²) in [6.07, 6.45) is 0. The van der Waals surface area contributed by atoms with Crippen molar-refractivity contribution in [2.75, 3.05) is 7.05 Å². The quantitative estimate of drug-likeness (QED) is 0.865. The Morgan fingerprint density at radius 3 is 2.33 bits per heavy atom. The van der Waals surface area contributed by atoms with E-state index in [1.54, 1.807) is 0 Å². The Hall–Kier alpha value is -1.02. The van der Waals surface area contributed by atoms with Crippen LogP contribution in [0, 0.1) is 6.92 Å². The lowest BCUT2D eigenvalue weighted by Gasteiger charge is -2.19. The molecule has 0 fully saturated rings. The molecule has 1 atom stereocenters. The van der Waals surface area contributed by atoms with Crippen LogP contribution in [-0.2, 0) is 0 Å². The molecule has 1 unspecified atom stereocenters. The first kappa shape index (κ1) is 13.4. The second-order valence-corrected chi connectivity index (χ2v) is 5.07. The normalized spacial score (nSPS) is 12.4. The number of benzene rings is 2. The number of hydrogen-bond acceptors (Lipinski definition) is 1. The topological polar surface area (TPSA) is 12.0 Å². The van der Waals surface area contributed by atoms with Gasteiger partial charge in [0.15, 0.2) is 0 Å². The predicted molar refractivity (Wildman–Crippen MR) is 78.5 cm³/mol. The molecule has 0 saturated heterocycles. The maximum atomic E-state index is 6.25. The number of halogens is 2. The van der Waals surface area contributed by atoms with Crippen molar-refractivity contribution in [3.05, 3.63) is 69.2 Å². The molecule has 0 heterocycles. The van der Waals surface area contributed by atoms with Gasteiger partial charge in [-0.15, -0.1) is 0 Å². The van der Waals surface area contributed by atoms with Gasteiger partial charge in [-0.2, -0.15) is 0 Å². The Labute approximate surface area is 118 Å². The standard InChI is InChI=1S/C15H15Cl2N/c1-10-7-8-11(9-14(10)17)15(18-2)12-5-3-4-6-13(12)16/h3-9,15,18H,1-2H3. The molecule has 0 amide bonds. The molecule has 0 saturated carbocycles. The van der Waals surface area contributed by atoms with E-state index in [4.69, 9.17) is 23.2 Å². The fraction of sp³-hybridized carbons (Fsp3) is 0.200. The lowest BCUT2D eigenvalue weighted by Crippen LogP contribution is -2.18. The van der Waals surface area contributed by atoms with Crippen molar-refractivity contribution in [1.29, 1.82) is 0 Å². The molecule has 0 spiro atoms. The minimum absolute atomic E-state index is 0.0526. The van der Waals surface area contributed by atoms with E-state index in [1.807, 2.05) is 50.4 Å². The summed E-state index contributed by atoms with van der Waals surface area (Å²) in [6, 6.07) is 14.0. The summed E-state index contributed by atoms with van der Waals surface area (Å²) >= 11 is 12.4. The molecular formula is C15H15Cl2N. The maximum absolute atomic E-state index is 6.25. The second kappa shape index (κ2) is 5.75. The minimum Gasteiger partial charge on any atom is -0.309 e. The zero-order valence-electron chi connectivity index (χ0n) is 10.4. The van der Waals surface area contributed by atoms with E-state index in [0.717, 1.165) is 26.7 Å². The average Bonchev–Trinajstić information content (AvgIpc) is 2.37. The summed E-state index contributed by atoms with van der Waals surface area (Å²) in [6.45, 7) is 2.00. The van der Waals surface area contributed by atoms with Gasteiger partial charge in [-0.1, -0.05) is 53.5 Å². The molecule has 0 aliphatic carbocycles. The minimum atomic E-state index is 0.0526. The third-order valence-electron chi connectivity index (χ3n) is 3.03. The van der Waals surface area contributed by atoms with Crippen LogP contribution in [0.2, 0.25) is 10.0 Å². The van der Waals surface area contributed by atoms with Crippen LogP contribution in [0.3, 0.4) is 0 Å². The monoisotopic (exact) mass is 279 g/mol. The van der Waals surface area contributed by atoms with E-state index in [0.29, 0.717) is 0 Å². The summed E-state index contributed by atoms with van der Waals surface area (Å²) < 4.78 is 0. The third-order valence-corrected chi connectivity index (χ3v) is 3.79. The van der Waals surface area contributed by atoms with Gasteiger partial charge in [0, 0.05) is 10.0 Å². The van der Waals surface area contributed by atoms with Gasteiger partial charge in [0.25, 0.3) is 0 Å². The molecule has 2 aromatic rings. The van der Waals surface area contributed by atoms with Gasteiger partial charge >= 0.3 is 0 Å². The number of rotatable bonds is 3. The van der Waals surface area contributed by atoms with Gasteiger partial charge in [-0.3, -0.25) is 0 Å². The molecular weight excluding hydrogens is 265 g/mol. The summed E-state index contributed by atoms with van der Waals surface area (Å²) in [7, 11) is 1.92. The average molecular weight is 280 g/mol. The predicted octanol–water partition coefficient (Wildman–Crippen LogP) is 4.61. The zero-order valence-corrected chi connectivity index (χ0v) is 11.9. The van der Waals surface area contributed by atoms with Crippen molar-refractivity contribution in [1.82, 2.24) is 5.32 Å². The Morgan fingerprint density at radius 2 is 1.72 bits per heavy atom. The highest BCUT2D eigenvalue weighted by atomic mass is 35.5. The Morgan fingerprint density at radius 1 is 1.00 bits per heavy atom. The molecule has 2 rings (SSSR count). The van der Waals surface area contributed by atoms with E-state index in [-0.39, 0.29) is 6.04 Å².